The van der Waals surface area contributed by atoms with Crippen LogP contribution in [-0.4, -0.2) is 34.3 Å². The van der Waals surface area contributed by atoms with Crippen LogP contribution in [0.3, 0.4) is 0 Å². The van der Waals surface area contributed by atoms with Gasteiger partial charge in [0.05, 0.1) is 10.6 Å². The van der Waals surface area contributed by atoms with Gasteiger partial charge in [0.1, 0.15) is 16.1 Å². The number of carbonyl (C=O) groups is 1. The fourth-order valence-corrected chi connectivity index (χ4v) is 3.08. The molecule has 2 heterocycles. The first-order valence-electron chi connectivity index (χ1n) is 6.73. The lowest BCUT2D eigenvalue weighted by Gasteiger charge is -2.11. The highest BCUT2D eigenvalue weighted by atomic mass is 79.9. The maximum absolute atomic E-state index is 13.1. The second-order valence-electron chi connectivity index (χ2n) is 5.23. The van der Waals surface area contributed by atoms with Crippen LogP contribution in [0.4, 0.5) is 4.39 Å². The van der Waals surface area contributed by atoms with Crippen LogP contribution < -0.4 is 0 Å². The number of aromatic nitrogens is 2. The highest BCUT2D eigenvalue weighted by Crippen LogP contribution is 2.32. The molecule has 3 rings (SSSR count). The van der Waals surface area contributed by atoms with Crippen molar-refractivity contribution < 1.29 is 9.18 Å². The summed E-state index contributed by atoms with van der Waals surface area (Å²) >= 11 is 9.76. The second kappa shape index (κ2) is 5.94. The predicted molar refractivity (Wildman–Crippen MR) is 91.3 cm³/mol. The summed E-state index contributed by atoms with van der Waals surface area (Å²) in [4.78, 5) is 18.1. The largest absolute Gasteiger partial charge is 0.345 e. The lowest BCUT2D eigenvalue weighted by Crippen LogP contribution is -2.22. The van der Waals surface area contributed by atoms with Gasteiger partial charge in [0, 0.05) is 25.9 Å². The topological polar surface area (TPSA) is 37.6 Å². The van der Waals surface area contributed by atoms with Crippen molar-refractivity contribution in [3.05, 3.63) is 57.5 Å². The molecule has 1 amide bonds. The Kier molecular flexibility index (Phi) is 4.12. The first-order chi connectivity index (χ1) is 10.9. The van der Waals surface area contributed by atoms with E-state index in [-0.39, 0.29) is 11.7 Å². The molecule has 23 heavy (non-hydrogen) atoms. The number of amides is 1. The Morgan fingerprint density at radius 3 is 2.57 bits per heavy atom. The number of benzene rings is 1. The van der Waals surface area contributed by atoms with Crippen LogP contribution in [0.5, 0.6) is 0 Å². The van der Waals surface area contributed by atoms with Gasteiger partial charge in [-0.15, -0.1) is 0 Å². The summed E-state index contributed by atoms with van der Waals surface area (Å²) in [5.41, 5.74) is 2.35. The molecule has 0 atom stereocenters. The number of hydrogen-bond donors (Lipinski definition) is 0. The molecule has 0 radical (unpaired) electrons. The minimum Gasteiger partial charge on any atom is -0.345 e. The van der Waals surface area contributed by atoms with E-state index in [0.717, 1.165) is 5.56 Å². The number of rotatable bonds is 2. The third kappa shape index (κ3) is 2.84. The molecule has 3 aromatic rings. The molecular weight excluding hydrogens is 385 g/mol. The number of imidazole rings is 1. The first-order valence-corrected chi connectivity index (χ1v) is 7.90. The van der Waals surface area contributed by atoms with Crippen LogP contribution in [0.1, 0.15) is 10.4 Å². The highest BCUT2D eigenvalue weighted by molar-refractivity contribution is 9.10. The number of halogens is 3. The van der Waals surface area contributed by atoms with Crippen molar-refractivity contribution in [2.45, 2.75) is 0 Å². The Hall–Kier alpha value is -1.92. The van der Waals surface area contributed by atoms with Gasteiger partial charge in [-0.25, -0.2) is 9.37 Å². The van der Waals surface area contributed by atoms with Crippen molar-refractivity contribution >= 4 is 39.1 Å². The monoisotopic (exact) mass is 395 g/mol. The second-order valence-corrected chi connectivity index (χ2v) is 6.39. The Morgan fingerprint density at radius 2 is 1.96 bits per heavy atom. The van der Waals surface area contributed by atoms with E-state index in [2.05, 4.69) is 20.9 Å². The lowest BCUT2D eigenvalue weighted by molar-refractivity contribution is 0.0827. The van der Waals surface area contributed by atoms with Crippen LogP contribution in [0.25, 0.3) is 16.9 Å². The van der Waals surface area contributed by atoms with E-state index < -0.39 is 0 Å². The Morgan fingerprint density at radius 1 is 1.30 bits per heavy atom. The normalized spacial score (nSPS) is 11.0. The van der Waals surface area contributed by atoms with Gasteiger partial charge < -0.3 is 4.90 Å². The van der Waals surface area contributed by atoms with Gasteiger partial charge in [-0.05, 0) is 46.3 Å². The predicted octanol–water partition coefficient (Wildman–Crippen LogP) is 4.26. The van der Waals surface area contributed by atoms with Crippen LogP contribution in [-0.2, 0) is 0 Å². The van der Waals surface area contributed by atoms with Crippen LogP contribution in [0, 0.1) is 5.82 Å². The van der Waals surface area contributed by atoms with Crippen molar-refractivity contribution in [2.75, 3.05) is 14.1 Å². The summed E-state index contributed by atoms with van der Waals surface area (Å²) in [5.74, 6) is -0.469. The fraction of sp³-hybridized carbons (Fsp3) is 0.125. The summed E-state index contributed by atoms with van der Waals surface area (Å²) in [6.45, 7) is 0. The molecule has 0 fully saturated rings. The highest BCUT2D eigenvalue weighted by Gasteiger charge is 2.17. The molecule has 4 nitrogen and oxygen atoms in total. The zero-order chi connectivity index (χ0) is 16.7. The fourth-order valence-electron chi connectivity index (χ4n) is 2.24. The van der Waals surface area contributed by atoms with Crippen LogP contribution in [0.15, 0.2) is 41.1 Å². The molecule has 118 valence electrons. The smallest absolute Gasteiger partial charge is 0.254 e. The van der Waals surface area contributed by atoms with E-state index in [0.29, 0.717) is 26.5 Å². The van der Waals surface area contributed by atoms with Gasteiger partial charge in [-0.3, -0.25) is 9.20 Å². The van der Waals surface area contributed by atoms with E-state index in [1.165, 1.54) is 17.0 Å². The van der Waals surface area contributed by atoms with Gasteiger partial charge >= 0.3 is 0 Å². The molecule has 1 aromatic carbocycles. The SMILES string of the molecule is CN(C)C(=O)c1cc(Cl)c2nc(-c3ccc(F)cc3)c(Br)n2c1. The zero-order valence-corrected chi connectivity index (χ0v) is 14.7. The molecule has 0 unspecified atom stereocenters. The molecule has 0 saturated heterocycles. The van der Waals surface area contributed by atoms with Crippen molar-refractivity contribution in [3.8, 4) is 11.3 Å². The molecule has 7 heteroatoms. The molecule has 0 aliphatic heterocycles. The third-order valence-electron chi connectivity index (χ3n) is 3.39. The van der Waals surface area contributed by atoms with Crippen LogP contribution in [0.2, 0.25) is 5.02 Å². The summed E-state index contributed by atoms with van der Waals surface area (Å²) in [7, 11) is 3.35. The van der Waals surface area contributed by atoms with Crippen molar-refractivity contribution in [3.63, 3.8) is 0 Å². The molecule has 0 aliphatic carbocycles. The average molecular weight is 397 g/mol. The van der Waals surface area contributed by atoms with Gasteiger partial charge in [-0.1, -0.05) is 11.6 Å². The maximum Gasteiger partial charge on any atom is 0.254 e. The van der Waals surface area contributed by atoms with Crippen LogP contribution >= 0.6 is 27.5 Å². The molecule has 0 spiro atoms. The first kappa shape index (κ1) is 16.0. The summed E-state index contributed by atoms with van der Waals surface area (Å²) < 4.78 is 15.4. The molecule has 0 saturated carbocycles. The quantitative estimate of drug-likeness (QED) is 0.649. The minimum atomic E-state index is -0.314. The number of pyridine rings is 1. The van der Waals surface area contributed by atoms with Crippen molar-refractivity contribution in [1.82, 2.24) is 14.3 Å². The lowest BCUT2D eigenvalue weighted by atomic mass is 10.2. The standard InChI is InChI=1S/C16H12BrClFN3O/c1-21(2)16(23)10-7-12(18)15-20-13(14(17)22(15)8-10)9-3-5-11(19)6-4-9/h3-8H,1-2H3. The van der Waals surface area contributed by atoms with E-state index in [9.17, 15) is 9.18 Å². The molecule has 0 aliphatic rings. The van der Waals surface area contributed by atoms with Crippen molar-refractivity contribution in [1.29, 1.82) is 0 Å². The number of fused-ring (bicyclic) bond motifs is 1. The maximum atomic E-state index is 13.1. The van der Waals surface area contributed by atoms with Crippen molar-refractivity contribution in [2.24, 2.45) is 0 Å². The van der Waals surface area contributed by atoms with Gasteiger partial charge in [-0.2, -0.15) is 0 Å². The molecule has 0 N–H and O–H groups in total. The van der Waals surface area contributed by atoms with Gasteiger partial charge in [0.15, 0.2) is 5.65 Å². The van der Waals surface area contributed by atoms with Gasteiger partial charge in [0.2, 0.25) is 0 Å². The Labute approximate surface area is 145 Å². The van der Waals surface area contributed by atoms with Gasteiger partial charge in [0.25, 0.3) is 5.91 Å². The zero-order valence-electron chi connectivity index (χ0n) is 12.3. The minimum absolute atomic E-state index is 0.155. The Bertz CT molecular complexity index is 906. The molecule has 2 aromatic heterocycles. The van der Waals surface area contributed by atoms with E-state index >= 15 is 0 Å². The number of hydrogen-bond acceptors (Lipinski definition) is 2. The number of nitrogens with zero attached hydrogens (tertiary/aromatic N) is 3. The van der Waals surface area contributed by atoms with E-state index in [1.54, 1.807) is 42.9 Å². The summed E-state index contributed by atoms with van der Waals surface area (Å²) in [6, 6.07) is 7.61. The van der Waals surface area contributed by atoms with E-state index in [1.807, 2.05) is 0 Å². The average Bonchev–Trinajstić information content (AvgIpc) is 2.85. The molecule has 0 bridgehead atoms. The Balaban J connectivity index is 2.20. The third-order valence-corrected chi connectivity index (χ3v) is 4.42. The van der Waals surface area contributed by atoms with E-state index in [4.69, 9.17) is 11.6 Å². The summed E-state index contributed by atoms with van der Waals surface area (Å²) in [6.07, 6.45) is 1.67. The number of carbonyl (C=O) groups excluding carboxylic acids is 1. The summed E-state index contributed by atoms with van der Waals surface area (Å²) in [5, 5.41) is 0.367. The molecular formula is C16H12BrClFN3O.